The molecule has 31 heavy (non-hydrogen) atoms. The van der Waals surface area contributed by atoms with E-state index >= 15 is 0 Å². The molecule has 0 aromatic carbocycles. The van der Waals surface area contributed by atoms with Crippen molar-refractivity contribution < 1.29 is 9.47 Å². The predicted octanol–water partition coefficient (Wildman–Crippen LogP) is 3.57. The first kappa shape index (κ1) is 26.1. The van der Waals surface area contributed by atoms with Gasteiger partial charge in [0.15, 0.2) is 5.96 Å². The summed E-state index contributed by atoms with van der Waals surface area (Å²) in [6, 6.07) is 4.57. The van der Waals surface area contributed by atoms with Crippen molar-refractivity contribution >= 4 is 35.8 Å². The van der Waals surface area contributed by atoms with Crippen LogP contribution < -0.4 is 15.5 Å². The molecular formula is C23H40IN5O2. The SMILES string of the molecule is CCCCOC1CC(NC(=NC)NCc2ccnc(N3CCOC(C)C3)c2)C1(C)C.I. The van der Waals surface area contributed by atoms with Crippen LogP contribution in [0.15, 0.2) is 23.3 Å². The van der Waals surface area contributed by atoms with Gasteiger partial charge < -0.3 is 25.0 Å². The van der Waals surface area contributed by atoms with Crippen LogP contribution in [0.1, 0.15) is 52.5 Å². The van der Waals surface area contributed by atoms with Crippen molar-refractivity contribution in [1.82, 2.24) is 15.6 Å². The van der Waals surface area contributed by atoms with Crippen molar-refractivity contribution in [1.29, 1.82) is 0 Å². The van der Waals surface area contributed by atoms with Crippen LogP contribution in [-0.2, 0) is 16.0 Å². The van der Waals surface area contributed by atoms with E-state index in [0.717, 1.165) is 50.9 Å². The molecule has 1 aromatic heterocycles. The van der Waals surface area contributed by atoms with Crippen LogP contribution in [0, 0.1) is 5.41 Å². The molecule has 2 heterocycles. The number of nitrogens with one attached hydrogen (secondary N) is 2. The van der Waals surface area contributed by atoms with Crippen molar-refractivity contribution in [3.8, 4) is 0 Å². The first-order chi connectivity index (χ1) is 14.4. The summed E-state index contributed by atoms with van der Waals surface area (Å²) in [5, 5.41) is 7.04. The quantitative estimate of drug-likeness (QED) is 0.225. The number of morpholine rings is 1. The maximum absolute atomic E-state index is 6.07. The number of hydrogen-bond acceptors (Lipinski definition) is 5. The Labute approximate surface area is 204 Å². The van der Waals surface area contributed by atoms with E-state index in [1.165, 1.54) is 12.0 Å². The zero-order chi connectivity index (χ0) is 21.6. The molecule has 1 aliphatic heterocycles. The van der Waals surface area contributed by atoms with Crippen molar-refractivity contribution in [3.05, 3.63) is 23.9 Å². The fourth-order valence-electron chi connectivity index (χ4n) is 4.10. The predicted molar refractivity (Wildman–Crippen MR) is 137 cm³/mol. The lowest BCUT2D eigenvalue weighted by atomic mass is 9.64. The molecule has 1 aliphatic carbocycles. The Bertz CT molecular complexity index is 715. The Morgan fingerprint density at radius 1 is 1.42 bits per heavy atom. The molecule has 8 heteroatoms. The lowest BCUT2D eigenvalue weighted by molar-refractivity contribution is -0.113. The molecule has 3 atom stereocenters. The average molecular weight is 546 g/mol. The van der Waals surface area contributed by atoms with E-state index in [1.807, 2.05) is 13.2 Å². The number of anilines is 1. The van der Waals surface area contributed by atoms with Crippen LogP contribution in [0.4, 0.5) is 5.82 Å². The van der Waals surface area contributed by atoms with E-state index in [1.54, 1.807) is 0 Å². The van der Waals surface area contributed by atoms with Crippen LogP contribution in [0.3, 0.4) is 0 Å². The monoisotopic (exact) mass is 545 g/mol. The number of aliphatic imine (C=N–C) groups is 1. The summed E-state index contributed by atoms with van der Waals surface area (Å²) in [7, 11) is 1.82. The summed E-state index contributed by atoms with van der Waals surface area (Å²) >= 11 is 0. The molecular weight excluding hydrogens is 505 g/mol. The first-order valence-corrected chi connectivity index (χ1v) is 11.3. The Kier molecular flexibility index (Phi) is 10.3. The molecule has 2 N–H and O–H groups in total. The Morgan fingerprint density at radius 2 is 2.23 bits per heavy atom. The summed E-state index contributed by atoms with van der Waals surface area (Å²) in [4.78, 5) is 11.3. The van der Waals surface area contributed by atoms with Gasteiger partial charge in [-0.3, -0.25) is 4.99 Å². The fraction of sp³-hybridized carbons (Fsp3) is 0.739. The minimum atomic E-state index is 0. The van der Waals surface area contributed by atoms with Crippen molar-refractivity contribution in [2.75, 3.05) is 38.3 Å². The van der Waals surface area contributed by atoms with Crippen LogP contribution in [0.25, 0.3) is 0 Å². The Morgan fingerprint density at radius 3 is 2.90 bits per heavy atom. The van der Waals surface area contributed by atoms with Crippen LogP contribution in [0.5, 0.6) is 0 Å². The van der Waals surface area contributed by atoms with Crippen molar-refractivity contribution in [2.24, 2.45) is 10.4 Å². The smallest absolute Gasteiger partial charge is 0.191 e. The largest absolute Gasteiger partial charge is 0.378 e. The maximum atomic E-state index is 6.07. The summed E-state index contributed by atoms with van der Waals surface area (Å²) in [5.41, 5.74) is 1.29. The van der Waals surface area contributed by atoms with Gasteiger partial charge in [0.05, 0.1) is 18.8 Å². The van der Waals surface area contributed by atoms with Crippen molar-refractivity contribution in [2.45, 2.75) is 71.8 Å². The number of halogens is 1. The number of guanidine groups is 1. The second-order valence-corrected chi connectivity index (χ2v) is 9.04. The molecule has 1 saturated heterocycles. The molecule has 2 aliphatic rings. The normalized spacial score (nSPS) is 25.4. The summed E-state index contributed by atoms with van der Waals surface area (Å²) in [5.74, 6) is 1.85. The standard InChI is InChI=1S/C23H39N5O2.HI/c1-6-7-11-30-20-14-19(23(20,3)4)27-22(24-5)26-15-18-8-9-25-21(13-18)28-10-12-29-17(2)16-28;/h8-9,13,17,19-20H,6-7,10-12,14-16H2,1-5H3,(H2,24,26,27);1H. The highest BCUT2D eigenvalue weighted by Crippen LogP contribution is 2.42. The van der Waals surface area contributed by atoms with Gasteiger partial charge in [-0.05, 0) is 37.5 Å². The van der Waals surface area contributed by atoms with Gasteiger partial charge >= 0.3 is 0 Å². The molecule has 1 saturated carbocycles. The summed E-state index contributed by atoms with van der Waals surface area (Å²) in [6.07, 6.45) is 5.77. The van der Waals surface area contributed by atoms with Gasteiger partial charge in [-0.1, -0.05) is 27.2 Å². The number of unbranched alkanes of at least 4 members (excludes halogenated alkanes) is 1. The Hall–Kier alpha value is -1.13. The highest BCUT2D eigenvalue weighted by Gasteiger charge is 2.49. The number of aromatic nitrogens is 1. The lowest BCUT2D eigenvalue weighted by Crippen LogP contribution is -2.63. The summed E-state index contributed by atoms with van der Waals surface area (Å²) in [6.45, 7) is 12.9. The van der Waals surface area contributed by atoms with E-state index in [4.69, 9.17) is 9.47 Å². The number of ether oxygens (including phenoxy) is 2. The Balaban J connectivity index is 0.00000341. The van der Waals surface area contributed by atoms with Crippen LogP contribution in [-0.4, -0.2) is 62.5 Å². The molecule has 3 unspecified atom stereocenters. The zero-order valence-corrected chi connectivity index (χ0v) is 22.0. The van der Waals surface area contributed by atoms with Gasteiger partial charge in [-0.25, -0.2) is 4.98 Å². The topological polar surface area (TPSA) is 71.0 Å². The number of pyridine rings is 1. The highest BCUT2D eigenvalue weighted by molar-refractivity contribution is 14.0. The molecule has 3 rings (SSSR count). The van der Waals surface area contributed by atoms with E-state index in [-0.39, 0.29) is 35.5 Å². The molecule has 7 nitrogen and oxygen atoms in total. The van der Waals surface area contributed by atoms with Gasteiger partial charge in [-0.2, -0.15) is 0 Å². The van der Waals surface area contributed by atoms with E-state index in [2.05, 4.69) is 65.3 Å². The molecule has 0 spiro atoms. The highest BCUT2D eigenvalue weighted by atomic mass is 127. The van der Waals surface area contributed by atoms with Gasteiger partial charge in [0.2, 0.25) is 0 Å². The average Bonchev–Trinajstić information content (AvgIpc) is 2.75. The third-order valence-electron chi connectivity index (χ3n) is 6.36. The first-order valence-electron chi connectivity index (χ1n) is 11.3. The fourth-order valence-corrected chi connectivity index (χ4v) is 4.10. The second kappa shape index (κ2) is 12.2. The van der Waals surface area contributed by atoms with Crippen LogP contribution in [0.2, 0.25) is 0 Å². The minimum absolute atomic E-state index is 0. The summed E-state index contributed by atoms with van der Waals surface area (Å²) < 4.78 is 11.7. The number of rotatable bonds is 8. The number of hydrogen-bond donors (Lipinski definition) is 2. The lowest BCUT2D eigenvalue weighted by Gasteiger charge is -2.52. The molecule has 176 valence electrons. The van der Waals surface area contributed by atoms with Gasteiger partial charge in [-0.15, -0.1) is 24.0 Å². The molecule has 2 fully saturated rings. The van der Waals surface area contributed by atoms with Gasteiger partial charge in [0.1, 0.15) is 5.82 Å². The third-order valence-corrected chi connectivity index (χ3v) is 6.36. The minimum Gasteiger partial charge on any atom is -0.378 e. The second-order valence-electron chi connectivity index (χ2n) is 9.04. The van der Waals surface area contributed by atoms with Crippen LogP contribution >= 0.6 is 24.0 Å². The van der Waals surface area contributed by atoms with E-state index < -0.39 is 0 Å². The van der Waals surface area contributed by atoms with Gasteiger partial charge in [0.25, 0.3) is 0 Å². The molecule has 0 radical (unpaired) electrons. The third kappa shape index (κ3) is 6.92. The van der Waals surface area contributed by atoms with E-state index in [9.17, 15) is 0 Å². The zero-order valence-electron chi connectivity index (χ0n) is 19.7. The van der Waals surface area contributed by atoms with E-state index in [0.29, 0.717) is 18.7 Å². The number of nitrogens with zero attached hydrogens (tertiary/aromatic N) is 3. The molecule has 1 aromatic rings. The molecule has 0 bridgehead atoms. The maximum Gasteiger partial charge on any atom is 0.191 e. The molecule has 0 amide bonds. The van der Waals surface area contributed by atoms with Crippen molar-refractivity contribution in [3.63, 3.8) is 0 Å². The van der Waals surface area contributed by atoms with Gasteiger partial charge in [0, 0.05) is 50.9 Å².